The lowest BCUT2D eigenvalue weighted by Gasteiger charge is -2.18. The van der Waals surface area contributed by atoms with Gasteiger partial charge in [-0.15, -0.1) is 0 Å². The summed E-state index contributed by atoms with van der Waals surface area (Å²) < 4.78 is 5.28. The zero-order chi connectivity index (χ0) is 17.0. The number of rotatable bonds is 3. The van der Waals surface area contributed by atoms with E-state index >= 15 is 0 Å². The van der Waals surface area contributed by atoms with Gasteiger partial charge in [-0.2, -0.15) is 0 Å². The molecule has 4 heteroatoms. The summed E-state index contributed by atoms with van der Waals surface area (Å²) in [6, 6.07) is 13.2. The van der Waals surface area contributed by atoms with Crippen LogP contribution in [0.25, 0.3) is 17.2 Å². The lowest BCUT2D eigenvalue weighted by Crippen LogP contribution is -2.22. The number of esters is 1. The van der Waals surface area contributed by atoms with Crippen LogP contribution in [0.1, 0.15) is 26.3 Å². The molecule has 0 fully saturated rings. The van der Waals surface area contributed by atoms with Crippen LogP contribution in [0.5, 0.6) is 0 Å². The van der Waals surface area contributed by atoms with Gasteiger partial charge in [0.2, 0.25) is 0 Å². The molecule has 0 aliphatic carbocycles. The molecular formula is C19H18Cl2O2. The van der Waals surface area contributed by atoms with Crippen LogP contribution in [0.15, 0.2) is 48.5 Å². The minimum atomic E-state index is -0.509. The zero-order valence-electron chi connectivity index (χ0n) is 13.3. The van der Waals surface area contributed by atoms with Gasteiger partial charge < -0.3 is 4.74 Å². The van der Waals surface area contributed by atoms with Crippen molar-refractivity contribution in [3.05, 3.63) is 64.1 Å². The largest absolute Gasteiger partial charge is 0.457 e. The first-order chi connectivity index (χ1) is 10.8. The van der Waals surface area contributed by atoms with Crippen LogP contribution in [-0.4, -0.2) is 11.6 Å². The molecule has 0 aliphatic rings. The van der Waals surface area contributed by atoms with E-state index in [1.54, 1.807) is 12.1 Å². The summed E-state index contributed by atoms with van der Waals surface area (Å²) in [6.07, 6.45) is 3.17. The highest BCUT2D eigenvalue weighted by atomic mass is 35.5. The Kier molecular flexibility index (Phi) is 5.51. The van der Waals surface area contributed by atoms with Crippen LogP contribution in [0.4, 0.5) is 0 Å². The van der Waals surface area contributed by atoms with E-state index in [-0.39, 0.29) is 5.97 Å². The highest BCUT2D eigenvalue weighted by Gasteiger charge is 2.14. The quantitative estimate of drug-likeness (QED) is 0.501. The molecule has 23 heavy (non-hydrogen) atoms. The third-order valence-corrected chi connectivity index (χ3v) is 3.74. The lowest BCUT2D eigenvalue weighted by atomic mass is 9.99. The Labute approximate surface area is 146 Å². The van der Waals surface area contributed by atoms with Gasteiger partial charge in [-0.05, 0) is 55.7 Å². The Morgan fingerprint density at radius 3 is 2.39 bits per heavy atom. The maximum atomic E-state index is 11.8. The second kappa shape index (κ2) is 7.20. The number of halogens is 2. The molecule has 120 valence electrons. The van der Waals surface area contributed by atoms with Crippen LogP contribution in [0, 0.1) is 0 Å². The topological polar surface area (TPSA) is 26.3 Å². The van der Waals surface area contributed by atoms with E-state index in [1.165, 1.54) is 6.08 Å². The van der Waals surface area contributed by atoms with Crippen molar-refractivity contribution in [1.29, 1.82) is 0 Å². The Balaban J connectivity index is 2.31. The molecular weight excluding hydrogens is 331 g/mol. The number of carbonyl (C=O) groups is 1. The average Bonchev–Trinajstić information content (AvgIpc) is 2.47. The van der Waals surface area contributed by atoms with Crippen LogP contribution in [0.3, 0.4) is 0 Å². The summed E-state index contributed by atoms with van der Waals surface area (Å²) in [5.74, 6) is -0.374. The van der Waals surface area contributed by atoms with Gasteiger partial charge in [-0.1, -0.05) is 53.5 Å². The molecule has 0 heterocycles. The summed E-state index contributed by atoms with van der Waals surface area (Å²) in [6.45, 7) is 5.51. The number of carbonyl (C=O) groups excluding carboxylic acids is 1. The Morgan fingerprint density at radius 1 is 1.04 bits per heavy atom. The van der Waals surface area contributed by atoms with Crippen molar-refractivity contribution in [2.45, 2.75) is 26.4 Å². The molecule has 0 atom stereocenters. The molecule has 0 radical (unpaired) electrons. The van der Waals surface area contributed by atoms with Gasteiger partial charge >= 0.3 is 5.97 Å². The standard InChI is InChI=1S/C19H18Cl2O2/c1-19(2,3)23-18(22)11-9-13-6-4-5-7-15(13)14-8-10-16(20)17(21)12-14/h4-12H,1-3H3/b11-9+. The molecule has 2 rings (SSSR count). The molecule has 0 aromatic heterocycles. The smallest absolute Gasteiger partial charge is 0.331 e. The molecule has 0 amide bonds. The number of hydrogen-bond acceptors (Lipinski definition) is 2. The van der Waals surface area contributed by atoms with Crippen molar-refractivity contribution >= 4 is 35.2 Å². The Hall–Kier alpha value is -1.77. The van der Waals surface area contributed by atoms with E-state index in [9.17, 15) is 4.79 Å². The van der Waals surface area contributed by atoms with Gasteiger partial charge in [0, 0.05) is 6.08 Å². The van der Waals surface area contributed by atoms with E-state index in [2.05, 4.69) is 0 Å². The van der Waals surface area contributed by atoms with Gasteiger partial charge in [0.25, 0.3) is 0 Å². The van der Waals surface area contributed by atoms with Crippen molar-refractivity contribution in [2.75, 3.05) is 0 Å². The molecule has 0 N–H and O–H groups in total. The molecule has 0 unspecified atom stereocenters. The lowest BCUT2D eigenvalue weighted by molar-refractivity contribution is -0.148. The third-order valence-electron chi connectivity index (χ3n) is 3.00. The monoisotopic (exact) mass is 348 g/mol. The molecule has 0 aliphatic heterocycles. The molecule has 0 saturated carbocycles. The number of hydrogen-bond donors (Lipinski definition) is 0. The minimum Gasteiger partial charge on any atom is -0.457 e. The van der Waals surface area contributed by atoms with Crippen molar-refractivity contribution in [2.24, 2.45) is 0 Å². The summed E-state index contributed by atoms with van der Waals surface area (Å²) in [5, 5.41) is 1.01. The summed E-state index contributed by atoms with van der Waals surface area (Å²) >= 11 is 12.1. The molecule has 2 aromatic rings. The second-order valence-corrected chi connectivity index (χ2v) is 6.90. The summed E-state index contributed by atoms with van der Waals surface area (Å²) in [7, 11) is 0. The third kappa shape index (κ3) is 5.12. The maximum absolute atomic E-state index is 11.8. The number of benzene rings is 2. The van der Waals surface area contributed by atoms with E-state index in [0.717, 1.165) is 16.7 Å². The van der Waals surface area contributed by atoms with Gasteiger partial charge in [0.15, 0.2) is 0 Å². The maximum Gasteiger partial charge on any atom is 0.331 e. The molecule has 0 bridgehead atoms. The molecule has 2 aromatic carbocycles. The summed E-state index contributed by atoms with van der Waals surface area (Å²) in [4.78, 5) is 11.8. The van der Waals surface area contributed by atoms with E-state index in [4.69, 9.17) is 27.9 Å². The van der Waals surface area contributed by atoms with Gasteiger partial charge in [-0.25, -0.2) is 4.79 Å². The predicted octanol–water partition coefficient (Wildman–Crippen LogP) is 6.02. The SMILES string of the molecule is CC(C)(C)OC(=O)/C=C/c1ccccc1-c1ccc(Cl)c(Cl)c1. The molecule has 0 spiro atoms. The van der Waals surface area contributed by atoms with Crippen molar-refractivity contribution < 1.29 is 9.53 Å². The van der Waals surface area contributed by atoms with Crippen LogP contribution in [-0.2, 0) is 9.53 Å². The first kappa shape index (κ1) is 17.6. The van der Waals surface area contributed by atoms with Crippen LogP contribution >= 0.6 is 23.2 Å². The fourth-order valence-electron chi connectivity index (χ4n) is 2.06. The van der Waals surface area contributed by atoms with E-state index in [0.29, 0.717) is 10.0 Å². The first-order valence-corrected chi connectivity index (χ1v) is 7.97. The second-order valence-electron chi connectivity index (χ2n) is 6.08. The van der Waals surface area contributed by atoms with Crippen LogP contribution in [0.2, 0.25) is 10.0 Å². The van der Waals surface area contributed by atoms with Crippen LogP contribution < -0.4 is 0 Å². The van der Waals surface area contributed by atoms with Crippen molar-refractivity contribution in [3.63, 3.8) is 0 Å². The number of ether oxygens (including phenoxy) is 1. The van der Waals surface area contributed by atoms with E-state index < -0.39 is 5.60 Å². The minimum absolute atomic E-state index is 0.374. The highest BCUT2D eigenvalue weighted by Crippen LogP contribution is 2.30. The zero-order valence-corrected chi connectivity index (χ0v) is 14.8. The average molecular weight is 349 g/mol. The molecule has 0 saturated heterocycles. The fraction of sp³-hybridized carbons (Fsp3) is 0.211. The Bertz CT molecular complexity index is 743. The normalized spacial score (nSPS) is 11.7. The van der Waals surface area contributed by atoms with Gasteiger partial charge in [-0.3, -0.25) is 0 Å². The van der Waals surface area contributed by atoms with Crippen molar-refractivity contribution in [3.8, 4) is 11.1 Å². The van der Waals surface area contributed by atoms with Gasteiger partial charge in [0.05, 0.1) is 10.0 Å². The Morgan fingerprint density at radius 2 is 1.74 bits per heavy atom. The molecule has 2 nitrogen and oxygen atoms in total. The van der Waals surface area contributed by atoms with Crippen molar-refractivity contribution in [1.82, 2.24) is 0 Å². The fourth-order valence-corrected chi connectivity index (χ4v) is 2.36. The summed E-state index contributed by atoms with van der Waals surface area (Å²) in [5.41, 5.74) is 2.29. The highest BCUT2D eigenvalue weighted by molar-refractivity contribution is 6.42. The van der Waals surface area contributed by atoms with E-state index in [1.807, 2.05) is 57.2 Å². The first-order valence-electron chi connectivity index (χ1n) is 7.22. The van der Waals surface area contributed by atoms with Gasteiger partial charge in [0.1, 0.15) is 5.60 Å². The predicted molar refractivity (Wildman–Crippen MR) is 96.8 cm³/mol.